The Morgan fingerprint density at radius 3 is 2.80 bits per heavy atom. The molecule has 1 N–H and O–H groups in total. The van der Waals surface area contributed by atoms with E-state index < -0.39 is 0 Å². The van der Waals surface area contributed by atoms with E-state index in [2.05, 4.69) is 15.2 Å². The minimum absolute atomic E-state index is 0.0208. The summed E-state index contributed by atoms with van der Waals surface area (Å²) in [4.78, 5) is 28.1. The fourth-order valence-corrected chi connectivity index (χ4v) is 1.49. The number of nitrogens with zero attached hydrogens (tertiary/aromatic N) is 2. The van der Waals surface area contributed by atoms with Crippen LogP contribution < -0.4 is 5.32 Å². The van der Waals surface area contributed by atoms with Crippen LogP contribution in [0.2, 0.25) is 0 Å². The molecule has 0 atom stereocenters. The van der Waals surface area contributed by atoms with Gasteiger partial charge in [-0.1, -0.05) is 0 Å². The molecule has 0 spiro atoms. The van der Waals surface area contributed by atoms with E-state index >= 15 is 0 Å². The second-order valence-electron chi connectivity index (χ2n) is 3.64. The highest BCUT2D eigenvalue weighted by Crippen LogP contribution is 1.99. The van der Waals surface area contributed by atoms with Gasteiger partial charge < -0.3 is 10.2 Å². The zero-order valence-corrected chi connectivity index (χ0v) is 9.25. The predicted molar refractivity (Wildman–Crippen MR) is 57.9 cm³/mol. The average molecular weight is 211 g/mol. The summed E-state index contributed by atoms with van der Waals surface area (Å²) in [6.45, 7) is 6.47. The minimum atomic E-state index is -0.198. The maximum atomic E-state index is 11.1. The molecule has 0 aromatic carbocycles. The van der Waals surface area contributed by atoms with Gasteiger partial charge in [-0.2, -0.15) is 0 Å². The Balaban J connectivity index is 2.13. The molecule has 84 valence electrons. The number of ketones is 1. The van der Waals surface area contributed by atoms with Gasteiger partial charge in [0.15, 0.2) is 0 Å². The summed E-state index contributed by atoms with van der Waals surface area (Å²) in [5.74, 6) is 0.721. The summed E-state index contributed by atoms with van der Waals surface area (Å²) in [7, 11) is 0. The van der Waals surface area contributed by atoms with Crippen LogP contribution >= 0.6 is 0 Å². The molecule has 1 aliphatic heterocycles. The summed E-state index contributed by atoms with van der Waals surface area (Å²) >= 11 is 0. The van der Waals surface area contributed by atoms with Crippen LogP contribution in [0.3, 0.4) is 0 Å². The van der Waals surface area contributed by atoms with Crippen molar-refractivity contribution in [2.24, 2.45) is 4.99 Å². The summed E-state index contributed by atoms with van der Waals surface area (Å²) in [6.07, 6.45) is -0.0208. The van der Waals surface area contributed by atoms with Crippen LogP contribution in [0.25, 0.3) is 0 Å². The lowest BCUT2D eigenvalue weighted by Crippen LogP contribution is -2.36. The Labute approximate surface area is 89.5 Å². The first-order chi connectivity index (χ1) is 7.09. The monoisotopic (exact) mass is 211 g/mol. The molecule has 1 heterocycles. The predicted octanol–water partition coefficient (Wildman–Crippen LogP) is -0.184. The molecule has 0 unspecified atom stereocenters. The molecule has 0 bridgehead atoms. The van der Waals surface area contributed by atoms with E-state index in [9.17, 15) is 9.59 Å². The lowest BCUT2D eigenvalue weighted by atomic mass is 10.3. The molecule has 5 heteroatoms. The van der Waals surface area contributed by atoms with Crippen LogP contribution in [-0.2, 0) is 9.59 Å². The summed E-state index contributed by atoms with van der Waals surface area (Å²) in [5, 5.41) is 2.70. The van der Waals surface area contributed by atoms with Gasteiger partial charge in [0.05, 0.1) is 18.8 Å². The Hall–Kier alpha value is -1.39. The molecule has 0 aliphatic carbocycles. The molecule has 0 saturated heterocycles. The second-order valence-corrected chi connectivity index (χ2v) is 3.64. The lowest BCUT2D eigenvalue weighted by molar-refractivity contribution is -0.127. The third-order valence-electron chi connectivity index (χ3n) is 2.28. The van der Waals surface area contributed by atoms with E-state index in [1.165, 1.54) is 6.92 Å². The molecule has 0 radical (unpaired) electrons. The van der Waals surface area contributed by atoms with Crippen LogP contribution in [0.1, 0.15) is 20.3 Å². The average Bonchev–Trinajstić information content (AvgIpc) is 2.50. The van der Waals surface area contributed by atoms with Crippen molar-refractivity contribution >= 4 is 17.5 Å². The van der Waals surface area contributed by atoms with E-state index in [4.69, 9.17) is 0 Å². The van der Waals surface area contributed by atoms with Crippen molar-refractivity contribution in [1.82, 2.24) is 10.2 Å². The highest BCUT2D eigenvalue weighted by Gasteiger charge is 2.12. The topological polar surface area (TPSA) is 61.8 Å². The molecule has 0 fully saturated rings. The van der Waals surface area contributed by atoms with Crippen LogP contribution in [-0.4, -0.2) is 48.6 Å². The van der Waals surface area contributed by atoms with Crippen molar-refractivity contribution in [3.63, 3.8) is 0 Å². The van der Waals surface area contributed by atoms with Gasteiger partial charge in [0.1, 0.15) is 5.78 Å². The van der Waals surface area contributed by atoms with Crippen molar-refractivity contribution in [2.75, 3.05) is 26.2 Å². The summed E-state index contributed by atoms with van der Waals surface area (Å²) in [6, 6.07) is 0. The molecule has 1 amide bonds. The summed E-state index contributed by atoms with van der Waals surface area (Å²) < 4.78 is 0. The third-order valence-corrected chi connectivity index (χ3v) is 2.28. The van der Waals surface area contributed by atoms with E-state index in [1.54, 1.807) is 0 Å². The van der Waals surface area contributed by atoms with Crippen molar-refractivity contribution in [3.05, 3.63) is 0 Å². The molecule has 5 nitrogen and oxygen atoms in total. The van der Waals surface area contributed by atoms with Crippen molar-refractivity contribution < 1.29 is 9.59 Å². The molecular formula is C10H17N3O2. The first-order valence-electron chi connectivity index (χ1n) is 5.11. The molecule has 1 rings (SSSR count). The zero-order chi connectivity index (χ0) is 11.3. The molecule has 1 aliphatic rings. The number of hydrogen-bond acceptors (Lipinski definition) is 4. The van der Waals surface area contributed by atoms with Gasteiger partial charge in [-0.3, -0.25) is 14.6 Å². The van der Waals surface area contributed by atoms with Gasteiger partial charge in [-0.05, 0) is 13.8 Å². The number of carbonyl (C=O) groups is 2. The van der Waals surface area contributed by atoms with Gasteiger partial charge in [-0.15, -0.1) is 0 Å². The first kappa shape index (κ1) is 11.7. The Morgan fingerprint density at radius 1 is 1.53 bits per heavy atom. The number of amides is 1. The number of hydrogen-bond donors (Lipinski definition) is 1. The smallest absolute Gasteiger partial charge is 0.227 e. The summed E-state index contributed by atoms with van der Waals surface area (Å²) in [5.41, 5.74) is 0. The maximum Gasteiger partial charge on any atom is 0.227 e. The van der Waals surface area contributed by atoms with Gasteiger partial charge in [0.2, 0.25) is 5.91 Å². The highest BCUT2D eigenvalue weighted by atomic mass is 16.2. The number of aliphatic imine (C=N–C) groups is 1. The number of carbonyl (C=O) groups excluding carboxylic acids is 2. The minimum Gasteiger partial charge on any atom is -0.357 e. The van der Waals surface area contributed by atoms with Gasteiger partial charge in [0.25, 0.3) is 0 Å². The number of rotatable bonds is 5. The largest absolute Gasteiger partial charge is 0.357 e. The Kier molecular flexibility index (Phi) is 4.27. The zero-order valence-electron chi connectivity index (χ0n) is 9.25. The fourth-order valence-electron chi connectivity index (χ4n) is 1.49. The quantitative estimate of drug-likeness (QED) is 0.641. The fraction of sp³-hybridized carbons (Fsp3) is 0.700. The van der Waals surface area contributed by atoms with Gasteiger partial charge in [0, 0.05) is 19.6 Å². The molecule has 15 heavy (non-hydrogen) atoms. The van der Waals surface area contributed by atoms with Crippen LogP contribution in [0, 0.1) is 0 Å². The number of nitrogens with one attached hydrogen (secondary N) is 1. The normalized spacial score (nSPS) is 15.1. The van der Waals surface area contributed by atoms with Crippen LogP contribution in [0.4, 0.5) is 0 Å². The van der Waals surface area contributed by atoms with Crippen LogP contribution in [0.5, 0.6) is 0 Å². The van der Waals surface area contributed by atoms with E-state index in [-0.39, 0.29) is 18.1 Å². The third kappa shape index (κ3) is 4.10. The number of Topliss-reactive ketones (excluding diaryl/α,β-unsaturated/α-hetero) is 1. The second kappa shape index (κ2) is 5.48. The van der Waals surface area contributed by atoms with Crippen molar-refractivity contribution in [3.8, 4) is 0 Å². The standard InChI is InChI=1S/C10H17N3O2/c1-8(14)7-10(15)12-4-6-13-5-3-11-9(13)2/h3-7H2,1-2H3,(H,12,15). The Bertz CT molecular complexity index is 286. The SMILES string of the molecule is CC(=O)CC(=O)NCCN1CCN=C1C. The van der Waals surface area contributed by atoms with Crippen molar-refractivity contribution in [1.29, 1.82) is 0 Å². The van der Waals surface area contributed by atoms with Gasteiger partial charge >= 0.3 is 0 Å². The van der Waals surface area contributed by atoms with Crippen LogP contribution in [0.15, 0.2) is 4.99 Å². The van der Waals surface area contributed by atoms with E-state index in [0.29, 0.717) is 6.54 Å². The molecule has 0 aromatic heterocycles. The molecular weight excluding hydrogens is 194 g/mol. The molecule has 0 aromatic rings. The first-order valence-corrected chi connectivity index (χ1v) is 5.11. The number of amidine groups is 1. The molecule has 0 saturated carbocycles. The lowest BCUT2D eigenvalue weighted by Gasteiger charge is -2.17. The van der Waals surface area contributed by atoms with Gasteiger partial charge in [-0.25, -0.2) is 0 Å². The van der Waals surface area contributed by atoms with E-state index in [0.717, 1.165) is 25.5 Å². The maximum absolute atomic E-state index is 11.1. The Morgan fingerprint density at radius 2 is 2.27 bits per heavy atom. The van der Waals surface area contributed by atoms with E-state index in [1.807, 2.05) is 6.92 Å². The van der Waals surface area contributed by atoms with Crippen molar-refractivity contribution in [2.45, 2.75) is 20.3 Å². The highest BCUT2D eigenvalue weighted by molar-refractivity contribution is 5.96.